The second-order valence-electron chi connectivity index (χ2n) is 6.80. The third-order valence-corrected chi connectivity index (χ3v) is 4.67. The quantitative estimate of drug-likeness (QED) is 0.712. The molecule has 0 aliphatic carbocycles. The van der Waals surface area contributed by atoms with Crippen LogP contribution in [0.1, 0.15) is 24.1 Å². The lowest BCUT2D eigenvalue weighted by Gasteiger charge is -2.26. The minimum atomic E-state index is -0.135. The minimum absolute atomic E-state index is 0.0703. The van der Waals surface area contributed by atoms with Crippen molar-refractivity contribution in [1.82, 2.24) is 30.0 Å². The largest absolute Gasteiger partial charge is 0.363 e. The topological polar surface area (TPSA) is 79.2 Å². The van der Waals surface area contributed by atoms with E-state index in [1.54, 1.807) is 29.2 Å². The van der Waals surface area contributed by atoms with E-state index in [4.69, 9.17) is 0 Å². The molecule has 2 heterocycles. The Kier molecular flexibility index (Phi) is 5.88. The van der Waals surface area contributed by atoms with Gasteiger partial charge in [-0.3, -0.25) is 0 Å². The lowest BCUT2D eigenvalue weighted by Crippen LogP contribution is -2.38. The number of pyridine rings is 1. The average molecular weight is 379 g/mol. The summed E-state index contributed by atoms with van der Waals surface area (Å²) >= 11 is 0. The van der Waals surface area contributed by atoms with Gasteiger partial charge in [0.2, 0.25) is 0 Å². The van der Waals surface area contributed by atoms with Gasteiger partial charge < -0.3 is 15.1 Å². The fourth-order valence-electron chi connectivity index (χ4n) is 2.73. The number of nitrogens with one attached hydrogen (secondary N) is 1. The number of carbonyl (C=O) groups is 1. The van der Waals surface area contributed by atoms with Crippen molar-refractivity contribution < 1.29 is 4.79 Å². The van der Waals surface area contributed by atoms with Crippen molar-refractivity contribution in [3.05, 3.63) is 66.4 Å². The second-order valence-corrected chi connectivity index (χ2v) is 6.80. The SMILES string of the molecule is CC(c1ccc(-n2cncn2)cc1)N(C)C(=O)NCc1ccc(N(C)C)nc1. The molecule has 0 radical (unpaired) electrons. The van der Waals surface area contributed by atoms with Crippen LogP contribution in [0.25, 0.3) is 5.69 Å². The molecule has 8 nitrogen and oxygen atoms in total. The molecule has 0 fully saturated rings. The van der Waals surface area contributed by atoms with Crippen molar-refractivity contribution in [3.63, 3.8) is 0 Å². The number of amides is 2. The van der Waals surface area contributed by atoms with E-state index < -0.39 is 0 Å². The van der Waals surface area contributed by atoms with Crippen LogP contribution in [0.2, 0.25) is 0 Å². The van der Waals surface area contributed by atoms with Gasteiger partial charge in [0.1, 0.15) is 18.5 Å². The lowest BCUT2D eigenvalue weighted by molar-refractivity contribution is 0.194. The average Bonchev–Trinajstić information content (AvgIpc) is 3.26. The molecule has 1 N–H and O–H groups in total. The number of urea groups is 1. The maximum atomic E-state index is 12.5. The summed E-state index contributed by atoms with van der Waals surface area (Å²) in [4.78, 5) is 24.5. The predicted octanol–water partition coefficient (Wildman–Crippen LogP) is 2.63. The van der Waals surface area contributed by atoms with Crippen molar-refractivity contribution in [2.75, 3.05) is 26.0 Å². The Morgan fingerprint density at radius 3 is 2.46 bits per heavy atom. The minimum Gasteiger partial charge on any atom is -0.363 e. The van der Waals surface area contributed by atoms with Crippen molar-refractivity contribution in [2.45, 2.75) is 19.5 Å². The van der Waals surface area contributed by atoms with Gasteiger partial charge in [-0.25, -0.2) is 19.4 Å². The van der Waals surface area contributed by atoms with E-state index in [2.05, 4.69) is 20.4 Å². The summed E-state index contributed by atoms with van der Waals surface area (Å²) in [5.74, 6) is 0.884. The van der Waals surface area contributed by atoms with Crippen LogP contribution in [0.15, 0.2) is 55.2 Å². The Balaban J connectivity index is 1.57. The maximum Gasteiger partial charge on any atom is 0.317 e. The molecule has 0 aliphatic heterocycles. The molecule has 1 unspecified atom stereocenters. The maximum absolute atomic E-state index is 12.5. The zero-order valence-corrected chi connectivity index (χ0v) is 16.6. The Bertz CT molecular complexity index is 889. The highest BCUT2D eigenvalue weighted by atomic mass is 16.2. The molecular formula is C20H25N7O. The fraction of sp³-hybridized carbons (Fsp3) is 0.300. The number of hydrogen-bond acceptors (Lipinski definition) is 5. The summed E-state index contributed by atoms with van der Waals surface area (Å²) < 4.78 is 1.69. The zero-order chi connectivity index (χ0) is 20.1. The van der Waals surface area contributed by atoms with Gasteiger partial charge in [0.15, 0.2) is 0 Å². The van der Waals surface area contributed by atoms with E-state index in [0.717, 1.165) is 22.6 Å². The molecule has 2 amide bonds. The molecule has 0 bridgehead atoms. The number of anilines is 1. The highest BCUT2D eigenvalue weighted by Gasteiger charge is 2.17. The third-order valence-electron chi connectivity index (χ3n) is 4.67. The van der Waals surface area contributed by atoms with Crippen LogP contribution in [0.5, 0.6) is 0 Å². The highest BCUT2D eigenvalue weighted by Crippen LogP contribution is 2.20. The number of carbonyl (C=O) groups excluding carboxylic acids is 1. The number of benzene rings is 1. The van der Waals surface area contributed by atoms with E-state index in [1.165, 1.54) is 6.33 Å². The standard InChI is InChI=1S/C20H25N7O/c1-15(17-6-8-18(9-7-17)27-14-21-13-24-27)26(4)20(28)23-12-16-5-10-19(22-11-16)25(2)3/h5-11,13-15H,12H2,1-4H3,(H,23,28). The van der Waals surface area contributed by atoms with Crippen molar-refractivity contribution >= 4 is 11.8 Å². The van der Waals surface area contributed by atoms with Crippen molar-refractivity contribution in [2.24, 2.45) is 0 Å². The summed E-state index contributed by atoms with van der Waals surface area (Å²) in [6.07, 6.45) is 4.93. The molecule has 0 aliphatic rings. The molecule has 3 rings (SSSR count). The van der Waals surface area contributed by atoms with E-state index in [9.17, 15) is 4.79 Å². The summed E-state index contributed by atoms with van der Waals surface area (Å²) in [6, 6.07) is 11.6. The lowest BCUT2D eigenvalue weighted by atomic mass is 10.1. The Labute approximate surface area is 164 Å². The molecule has 0 spiro atoms. The van der Waals surface area contributed by atoms with Crippen LogP contribution in [-0.2, 0) is 6.54 Å². The van der Waals surface area contributed by atoms with Gasteiger partial charge in [-0.15, -0.1) is 0 Å². The van der Waals surface area contributed by atoms with Crippen molar-refractivity contribution in [3.8, 4) is 5.69 Å². The molecular weight excluding hydrogens is 354 g/mol. The third kappa shape index (κ3) is 4.46. The number of hydrogen-bond donors (Lipinski definition) is 1. The molecule has 2 aromatic heterocycles. The van der Waals surface area contributed by atoms with Crippen LogP contribution in [-0.4, -0.2) is 51.8 Å². The molecule has 0 saturated heterocycles. The molecule has 28 heavy (non-hydrogen) atoms. The number of nitrogens with zero attached hydrogens (tertiary/aromatic N) is 6. The number of rotatable bonds is 6. The van der Waals surface area contributed by atoms with Gasteiger partial charge in [-0.05, 0) is 36.2 Å². The zero-order valence-electron chi connectivity index (χ0n) is 16.6. The smallest absolute Gasteiger partial charge is 0.317 e. The van der Waals surface area contributed by atoms with Crippen LogP contribution < -0.4 is 10.2 Å². The van der Waals surface area contributed by atoms with Gasteiger partial charge in [0.05, 0.1) is 11.7 Å². The molecule has 1 aromatic carbocycles. The Morgan fingerprint density at radius 1 is 1.14 bits per heavy atom. The van der Waals surface area contributed by atoms with Gasteiger partial charge >= 0.3 is 6.03 Å². The first kappa shape index (κ1) is 19.3. The summed E-state index contributed by atoms with van der Waals surface area (Å²) in [6.45, 7) is 2.43. The Hall–Kier alpha value is -3.42. The predicted molar refractivity (Wildman–Crippen MR) is 108 cm³/mol. The van der Waals surface area contributed by atoms with Crippen LogP contribution in [0.4, 0.5) is 10.6 Å². The van der Waals surface area contributed by atoms with Gasteiger partial charge in [0, 0.05) is 33.9 Å². The first-order chi connectivity index (χ1) is 13.5. The summed E-state index contributed by atoms with van der Waals surface area (Å²) in [5, 5.41) is 7.06. The van der Waals surface area contributed by atoms with Crippen LogP contribution in [0.3, 0.4) is 0 Å². The summed E-state index contributed by atoms with van der Waals surface area (Å²) in [7, 11) is 5.68. The monoisotopic (exact) mass is 379 g/mol. The van der Waals surface area contributed by atoms with Crippen molar-refractivity contribution in [1.29, 1.82) is 0 Å². The number of aromatic nitrogens is 4. The second kappa shape index (κ2) is 8.51. The first-order valence-corrected chi connectivity index (χ1v) is 9.03. The summed E-state index contributed by atoms with van der Waals surface area (Å²) in [5.41, 5.74) is 2.92. The Morgan fingerprint density at radius 2 is 1.89 bits per heavy atom. The fourth-order valence-corrected chi connectivity index (χ4v) is 2.73. The highest BCUT2D eigenvalue weighted by molar-refractivity contribution is 5.74. The van der Waals surface area contributed by atoms with Gasteiger partial charge in [-0.1, -0.05) is 18.2 Å². The van der Waals surface area contributed by atoms with E-state index >= 15 is 0 Å². The molecule has 8 heteroatoms. The van der Waals surface area contributed by atoms with E-state index in [0.29, 0.717) is 6.54 Å². The van der Waals surface area contributed by atoms with Crippen LogP contribution >= 0.6 is 0 Å². The van der Waals surface area contributed by atoms with E-state index in [-0.39, 0.29) is 12.1 Å². The van der Waals surface area contributed by atoms with E-state index in [1.807, 2.05) is 62.3 Å². The van der Waals surface area contributed by atoms with Gasteiger partial charge in [0.25, 0.3) is 0 Å². The van der Waals surface area contributed by atoms with Gasteiger partial charge in [-0.2, -0.15) is 5.10 Å². The molecule has 0 saturated carbocycles. The normalized spacial score (nSPS) is 11.7. The van der Waals surface area contributed by atoms with Crippen LogP contribution in [0, 0.1) is 0 Å². The molecule has 1 atom stereocenters. The molecule has 146 valence electrons. The first-order valence-electron chi connectivity index (χ1n) is 9.03. The molecule has 3 aromatic rings.